The van der Waals surface area contributed by atoms with Crippen molar-refractivity contribution in [1.29, 1.82) is 0 Å². The number of hydrogen-bond donors (Lipinski definition) is 0. The van der Waals surface area contributed by atoms with Crippen LogP contribution in [0, 0.1) is 0 Å². The lowest BCUT2D eigenvalue weighted by atomic mass is 10.1. The van der Waals surface area contributed by atoms with Crippen molar-refractivity contribution < 1.29 is 0 Å². The zero-order valence-electron chi connectivity index (χ0n) is 15.1. The molecule has 0 spiro atoms. The van der Waals surface area contributed by atoms with E-state index in [4.69, 9.17) is 11.6 Å². The van der Waals surface area contributed by atoms with Crippen LogP contribution in [0.1, 0.15) is 5.56 Å². The predicted octanol–water partition coefficient (Wildman–Crippen LogP) is 6.14. The van der Waals surface area contributed by atoms with Crippen molar-refractivity contribution >= 4 is 39.9 Å². The normalized spacial score (nSPS) is 12.1. The minimum Gasteiger partial charge on any atom is -0.311 e. The third kappa shape index (κ3) is 3.98. The Morgan fingerprint density at radius 2 is 1.79 bits per heavy atom. The first-order chi connectivity index (χ1) is 13.7. The molecule has 0 radical (unpaired) electrons. The summed E-state index contributed by atoms with van der Waals surface area (Å²) in [7, 11) is 0. The fourth-order valence-corrected chi connectivity index (χ4v) is 3.99. The summed E-state index contributed by atoms with van der Waals surface area (Å²) < 4.78 is 2.13. The first-order valence-corrected chi connectivity index (χ1v) is 10.1. The molecule has 4 aromatic rings. The van der Waals surface area contributed by atoms with Gasteiger partial charge in [0.1, 0.15) is 0 Å². The summed E-state index contributed by atoms with van der Waals surface area (Å²) in [5, 5.41) is 13.9. The van der Waals surface area contributed by atoms with E-state index in [1.54, 1.807) is 17.6 Å². The van der Waals surface area contributed by atoms with Crippen molar-refractivity contribution in [2.75, 3.05) is 0 Å². The number of benzene rings is 3. The Hall–Kier alpha value is -2.95. The van der Waals surface area contributed by atoms with Gasteiger partial charge in [-0.1, -0.05) is 66.2 Å². The molecule has 0 aliphatic carbocycles. The van der Waals surface area contributed by atoms with Crippen LogP contribution in [0.4, 0.5) is 0 Å². The highest BCUT2D eigenvalue weighted by atomic mass is 35.5. The minimum atomic E-state index is 0.668. The number of hydrogen-bond acceptors (Lipinski definition) is 3. The minimum absolute atomic E-state index is 0.668. The van der Waals surface area contributed by atoms with Gasteiger partial charge < -0.3 is 4.57 Å². The van der Waals surface area contributed by atoms with E-state index in [-0.39, 0.29) is 0 Å². The zero-order chi connectivity index (χ0) is 19.3. The molecule has 0 saturated carbocycles. The zero-order valence-corrected chi connectivity index (χ0v) is 16.7. The molecule has 138 valence electrons. The van der Waals surface area contributed by atoms with Gasteiger partial charge in [0.05, 0.1) is 11.9 Å². The summed E-state index contributed by atoms with van der Waals surface area (Å²) >= 11 is 7.48. The van der Waals surface area contributed by atoms with E-state index in [1.807, 2.05) is 30.3 Å². The molecule has 0 saturated heterocycles. The average molecular weight is 404 g/mol. The summed E-state index contributed by atoms with van der Waals surface area (Å²) in [6, 6.07) is 22.4. The van der Waals surface area contributed by atoms with Crippen molar-refractivity contribution in [3.63, 3.8) is 0 Å². The molecule has 0 unspecified atom stereocenters. The van der Waals surface area contributed by atoms with Gasteiger partial charge in [-0.3, -0.25) is 0 Å². The van der Waals surface area contributed by atoms with Gasteiger partial charge in [0.15, 0.2) is 0 Å². The maximum Gasteiger partial charge on any atom is 0.211 e. The van der Waals surface area contributed by atoms with Gasteiger partial charge in [-0.2, -0.15) is 5.10 Å². The van der Waals surface area contributed by atoms with Crippen LogP contribution in [0.3, 0.4) is 0 Å². The topological polar surface area (TPSA) is 29.6 Å². The van der Waals surface area contributed by atoms with Crippen molar-refractivity contribution in [1.82, 2.24) is 4.57 Å². The molecule has 0 bridgehead atoms. The first-order valence-electron chi connectivity index (χ1n) is 8.85. The van der Waals surface area contributed by atoms with Gasteiger partial charge in [-0.15, -0.1) is 23.0 Å². The Balaban J connectivity index is 1.72. The third-order valence-electron chi connectivity index (χ3n) is 4.37. The Morgan fingerprint density at radius 1 is 1.00 bits per heavy atom. The second kappa shape index (κ2) is 8.38. The predicted molar refractivity (Wildman–Crippen MR) is 120 cm³/mol. The summed E-state index contributed by atoms with van der Waals surface area (Å²) in [4.78, 5) is 0.827. The van der Waals surface area contributed by atoms with Gasteiger partial charge in [-0.25, -0.2) is 0 Å². The molecule has 5 heteroatoms. The summed E-state index contributed by atoms with van der Waals surface area (Å²) in [5.74, 6) is 0. The molecule has 0 aliphatic rings. The number of fused-ring (bicyclic) bond motifs is 1. The highest BCUT2D eigenvalue weighted by Gasteiger charge is 2.08. The van der Waals surface area contributed by atoms with Gasteiger partial charge in [0.2, 0.25) is 4.80 Å². The number of halogens is 1. The highest BCUT2D eigenvalue weighted by molar-refractivity contribution is 7.07. The second-order valence-electron chi connectivity index (χ2n) is 6.26. The Bertz CT molecular complexity index is 1220. The molecule has 0 atom stereocenters. The number of thiazole rings is 1. The molecule has 0 N–H and O–H groups in total. The number of rotatable bonds is 5. The summed E-state index contributed by atoms with van der Waals surface area (Å²) in [5.41, 5.74) is 3.21. The Labute approximate surface area is 172 Å². The lowest BCUT2D eigenvalue weighted by Gasteiger charge is -2.07. The van der Waals surface area contributed by atoms with Gasteiger partial charge in [0, 0.05) is 16.9 Å². The molecule has 3 aromatic carbocycles. The third-order valence-corrected chi connectivity index (χ3v) is 5.48. The van der Waals surface area contributed by atoms with E-state index in [2.05, 4.69) is 69.2 Å². The molecule has 3 nitrogen and oxygen atoms in total. The number of aromatic nitrogens is 1. The molecule has 0 fully saturated rings. The highest BCUT2D eigenvalue weighted by Crippen LogP contribution is 2.25. The summed E-state index contributed by atoms with van der Waals surface area (Å²) in [6.45, 7) is 4.56. The fraction of sp³-hybridized carbons (Fsp3) is 0.0435. The van der Waals surface area contributed by atoms with E-state index in [9.17, 15) is 0 Å². The molecule has 28 heavy (non-hydrogen) atoms. The van der Waals surface area contributed by atoms with E-state index in [0.717, 1.165) is 21.6 Å². The van der Waals surface area contributed by atoms with Crippen molar-refractivity contribution in [3.05, 3.63) is 100 Å². The molecule has 4 rings (SSSR count). The summed E-state index contributed by atoms with van der Waals surface area (Å²) in [6.07, 6.45) is 3.60. The van der Waals surface area contributed by atoms with Crippen LogP contribution in [0.5, 0.6) is 0 Å². The molecule has 0 aliphatic heterocycles. The smallest absolute Gasteiger partial charge is 0.211 e. The first kappa shape index (κ1) is 18.4. The van der Waals surface area contributed by atoms with Gasteiger partial charge in [-0.05, 0) is 40.1 Å². The van der Waals surface area contributed by atoms with Crippen LogP contribution in [-0.4, -0.2) is 10.8 Å². The number of nitrogens with zero attached hydrogens (tertiary/aromatic N) is 3. The Kier molecular flexibility index (Phi) is 5.51. The molecule has 1 aromatic heterocycles. The maximum atomic E-state index is 5.92. The fourth-order valence-electron chi connectivity index (χ4n) is 2.99. The molecule has 1 heterocycles. The molecular formula is C23H18ClN3S. The molecular weight excluding hydrogens is 386 g/mol. The van der Waals surface area contributed by atoms with Gasteiger partial charge in [0.25, 0.3) is 0 Å². The maximum absolute atomic E-state index is 5.92. The van der Waals surface area contributed by atoms with E-state index < -0.39 is 0 Å². The lowest BCUT2D eigenvalue weighted by molar-refractivity contribution is 0.789. The van der Waals surface area contributed by atoms with Gasteiger partial charge >= 0.3 is 0 Å². The van der Waals surface area contributed by atoms with Crippen molar-refractivity contribution in [3.8, 4) is 11.3 Å². The second-order valence-corrected chi connectivity index (χ2v) is 7.53. The van der Waals surface area contributed by atoms with E-state index in [0.29, 0.717) is 11.6 Å². The van der Waals surface area contributed by atoms with Crippen LogP contribution in [0.15, 0.2) is 95.0 Å². The monoisotopic (exact) mass is 403 g/mol. The average Bonchev–Trinajstić information content (AvgIpc) is 3.12. The number of allylic oxidation sites excluding steroid dienone is 1. The van der Waals surface area contributed by atoms with Crippen LogP contribution < -0.4 is 4.80 Å². The van der Waals surface area contributed by atoms with Crippen molar-refractivity contribution in [2.45, 2.75) is 6.54 Å². The van der Waals surface area contributed by atoms with Crippen LogP contribution in [0.2, 0.25) is 5.02 Å². The van der Waals surface area contributed by atoms with Crippen molar-refractivity contribution in [2.24, 2.45) is 10.2 Å². The van der Waals surface area contributed by atoms with Crippen LogP contribution >= 0.6 is 22.9 Å². The molecule has 0 amide bonds. The quantitative estimate of drug-likeness (QED) is 0.217. The SMILES string of the molecule is C=CCn1c(-c2ccc3ccccc3c2)cs/c1=N\N=C/c1ccc(Cl)cc1. The van der Waals surface area contributed by atoms with Crippen LogP contribution in [-0.2, 0) is 6.54 Å². The largest absolute Gasteiger partial charge is 0.311 e. The van der Waals surface area contributed by atoms with E-state index >= 15 is 0 Å². The van der Waals surface area contributed by atoms with Crippen LogP contribution in [0.25, 0.3) is 22.0 Å². The Morgan fingerprint density at radius 3 is 2.57 bits per heavy atom. The van der Waals surface area contributed by atoms with E-state index in [1.165, 1.54) is 10.8 Å². The lowest BCUT2D eigenvalue weighted by Crippen LogP contribution is -2.14. The standard InChI is InChI=1S/C23H18ClN3S/c1-2-13-27-22(20-10-9-18-5-3-4-6-19(18)14-20)16-28-23(27)26-25-15-17-7-11-21(24)12-8-17/h2-12,14-16H,1,13H2/b25-15-,26-23-.